The number of hydrogen-bond acceptors (Lipinski definition) is 3. The number of anilines is 1. The van der Waals surface area contributed by atoms with Gasteiger partial charge in [-0.25, -0.2) is 4.98 Å². The van der Waals surface area contributed by atoms with Crippen molar-refractivity contribution in [3.05, 3.63) is 36.0 Å². The van der Waals surface area contributed by atoms with Crippen LogP contribution in [-0.2, 0) is 6.54 Å². The molecule has 3 rings (SSSR count). The molecule has 1 fully saturated rings. The van der Waals surface area contributed by atoms with Crippen LogP contribution in [0.25, 0.3) is 10.8 Å². The van der Waals surface area contributed by atoms with E-state index in [4.69, 9.17) is 0 Å². The van der Waals surface area contributed by atoms with Crippen LogP contribution in [0.3, 0.4) is 0 Å². The molecule has 1 aliphatic carbocycles. The minimum atomic E-state index is 0.734. The molecule has 1 aromatic carbocycles. The zero-order valence-corrected chi connectivity index (χ0v) is 10.0. The van der Waals surface area contributed by atoms with Crippen molar-refractivity contribution in [2.24, 2.45) is 0 Å². The summed E-state index contributed by atoms with van der Waals surface area (Å²) in [6, 6.07) is 9.17. The van der Waals surface area contributed by atoms with Crippen molar-refractivity contribution in [1.82, 2.24) is 10.3 Å². The van der Waals surface area contributed by atoms with Gasteiger partial charge in [0.05, 0.1) is 0 Å². The standard InChI is InChI=1S/C14H17N3/c1-15-14-13-5-3-2-4-12(13)10(9-17-14)8-16-11-6-7-11/h2-5,9,11,16H,6-8H2,1H3,(H,15,17). The van der Waals surface area contributed by atoms with Gasteiger partial charge >= 0.3 is 0 Å². The van der Waals surface area contributed by atoms with Crippen LogP contribution in [-0.4, -0.2) is 18.1 Å². The maximum Gasteiger partial charge on any atom is 0.133 e. The molecule has 1 aromatic heterocycles. The van der Waals surface area contributed by atoms with Gasteiger partial charge in [-0.15, -0.1) is 0 Å². The number of aromatic nitrogens is 1. The molecular formula is C14H17N3. The van der Waals surface area contributed by atoms with Gasteiger partial charge < -0.3 is 10.6 Å². The topological polar surface area (TPSA) is 37.0 Å². The number of nitrogens with zero attached hydrogens (tertiary/aromatic N) is 1. The first-order valence-corrected chi connectivity index (χ1v) is 6.16. The van der Waals surface area contributed by atoms with E-state index >= 15 is 0 Å². The van der Waals surface area contributed by atoms with Crippen molar-refractivity contribution in [3.8, 4) is 0 Å². The number of fused-ring (bicyclic) bond motifs is 1. The SMILES string of the molecule is CNc1ncc(CNC2CC2)c2ccccc12. The van der Waals surface area contributed by atoms with Crippen LogP contribution in [0.2, 0.25) is 0 Å². The van der Waals surface area contributed by atoms with E-state index < -0.39 is 0 Å². The number of hydrogen-bond donors (Lipinski definition) is 2. The van der Waals surface area contributed by atoms with E-state index in [1.807, 2.05) is 13.2 Å². The first-order valence-electron chi connectivity index (χ1n) is 6.16. The van der Waals surface area contributed by atoms with Crippen molar-refractivity contribution in [1.29, 1.82) is 0 Å². The third kappa shape index (κ3) is 2.11. The zero-order valence-electron chi connectivity index (χ0n) is 10.0. The monoisotopic (exact) mass is 227 g/mol. The van der Waals surface area contributed by atoms with Gasteiger partial charge in [0.1, 0.15) is 5.82 Å². The molecule has 0 unspecified atom stereocenters. The summed E-state index contributed by atoms with van der Waals surface area (Å²) >= 11 is 0. The smallest absolute Gasteiger partial charge is 0.133 e. The van der Waals surface area contributed by atoms with Crippen molar-refractivity contribution in [2.75, 3.05) is 12.4 Å². The minimum Gasteiger partial charge on any atom is -0.373 e. The summed E-state index contributed by atoms with van der Waals surface area (Å²) in [4.78, 5) is 4.47. The van der Waals surface area contributed by atoms with Gasteiger partial charge in [0, 0.05) is 31.2 Å². The summed E-state index contributed by atoms with van der Waals surface area (Å²) in [5.74, 6) is 0.954. The average molecular weight is 227 g/mol. The van der Waals surface area contributed by atoms with Crippen LogP contribution >= 0.6 is 0 Å². The molecule has 2 N–H and O–H groups in total. The third-order valence-electron chi connectivity index (χ3n) is 3.27. The lowest BCUT2D eigenvalue weighted by atomic mass is 10.1. The lowest BCUT2D eigenvalue weighted by Crippen LogP contribution is -2.15. The Morgan fingerprint density at radius 3 is 2.71 bits per heavy atom. The third-order valence-corrected chi connectivity index (χ3v) is 3.27. The van der Waals surface area contributed by atoms with E-state index in [2.05, 4.69) is 39.9 Å². The molecule has 0 radical (unpaired) electrons. The molecule has 3 heteroatoms. The molecule has 88 valence electrons. The van der Waals surface area contributed by atoms with Crippen LogP contribution in [0.4, 0.5) is 5.82 Å². The fourth-order valence-electron chi connectivity index (χ4n) is 2.13. The zero-order chi connectivity index (χ0) is 11.7. The molecule has 17 heavy (non-hydrogen) atoms. The quantitative estimate of drug-likeness (QED) is 0.842. The number of rotatable bonds is 4. The maximum atomic E-state index is 4.47. The van der Waals surface area contributed by atoms with Gasteiger partial charge in [0.25, 0.3) is 0 Å². The molecule has 0 bridgehead atoms. The summed E-state index contributed by atoms with van der Waals surface area (Å²) in [7, 11) is 1.91. The highest BCUT2D eigenvalue weighted by molar-refractivity contribution is 5.93. The molecule has 1 aliphatic rings. The van der Waals surface area contributed by atoms with Gasteiger partial charge in [0.15, 0.2) is 0 Å². The Morgan fingerprint density at radius 1 is 1.24 bits per heavy atom. The number of benzene rings is 1. The fourth-order valence-corrected chi connectivity index (χ4v) is 2.13. The molecule has 3 nitrogen and oxygen atoms in total. The second-order valence-electron chi connectivity index (χ2n) is 4.58. The van der Waals surface area contributed by atoms with Crippen LogP contribution in [0, 0.1) is 0 Å². The second kappa shape index (κ2) is 4.34. The average Bonchev–Trinajstić information content (AvgIpc) is 3.20. The Morgan fingerprint density at radius 2 is 2.00 bits per heavy atom. The first-order chi connectivity index (χ1) is 8.38. The summed E-state index contributed by atoms with van der Waals surface area (Å²) in [5, 5.41) is 9.18. The first kappa shape index (κ1) is 10.5. The van der Waals surface area contributed by atoms with E-state index in [1.165, 1.54) is 29.2 Å². The van der Waals surface area contributed by atoms with Crippen LogP contribution in [0.15, 0.2) is 30.5 Å². The molecule has 0 saturated heterocycles. The summed E-state index contributed by atoms with van der Waals surface area (Å²) < 4.78 is 0. The lowest BCUT2D eigenvalue weighted by Gasteiger charge is -2.10. The lowest BCUT2D eigenvalue weighted by molar-refractivity contribution is 0.689. The fraction of sp³-hybridized carbons (Fsp3) is 0.357. The molecule has 1 heterocycles. The van der Waals surface area contributed by atoms with E-state index in [-0.39, 0.29) is 0 Å². The van der Waals surface area contributed by atoms with Crippen molar-refractivity contribution < 1.29 is 0 Å². The number of nitrogens with one attached hydrogen (secondary N) is 2. The van der Waals surface area contributed by atoms with Gasteiger partial charge in [-0.05, 0) is 23.8 Å². The van der Waals surface area contributed by atoms with Crippen molar-refractivity contribution in [3.63, 3.8) is 0 Å². The largest absolute Gasteiger partial charge is 0.373 e. The predicted octanol–water partition coefficient (Wildman–Crippen LogP) is 2.53. The van der Waals surface area contributed by atoms with Gasteiger partial charge in [-0.2, -0.15) is 0 Å². The van der Waals surface area contributed by atoms with Gasteiger partial charge in [-0.1, -0.05) is 24.3 Å². The van der Waals surface area contributed by atoms with Crippen LogP contribution < -0.4 is 10.6 Å². The molecule has 0 aliphatic heterocycles. The Kier molecular flexibility index (Phi) is 2.69. The molecule has 0 spiro atoms. The highest BCUT2D eigenvalue weighted by Crippen LogP contribution is 2.25. The Labute approximate surface area is 101 Å². The molecule has 0 amide bonds. The Balaban J connectivity index is 1.99. The van der Waals surface area contributed by atoms with Gasteiger partial charge in [-0.3, -0.25) is 0 Å². The van der Waals surface area contributed by atoms with Crippen LogP contribution in [0.5, 0.6) is 0 Å². The molecule has 0 atom stereocenters. The maximum absolute atomic E-state index is 4.47. The van der Waals surface area contributed by atoms with E-state index in [0.717, 1.165) is 18.4 Å². The van der Waals surface area contributed by atoms with Crippen molar-refractivity contribution in [2.45, 2.75) is 25.4 Å². The Bertz CT molecular complexity index is 532. The normalized spacial score (nSPS) is 15.1. The minimum absolute atomic E-state index is 0.734. The molecule has 2 aromatic rings. The van der Waals surface area contributed by atoms with E-state index in [0.29, 0.717) is 0 Å². The highest BCUT2D eigenvalue weighted by Gasteiger charge is 2.20. The predicted molar refractivity (Wildman–Crippen MR) is 71.2 cm³/mol. The number of pyridine rings is 1. The summed E-state index contributed by atoms with van der Waals surface area (Å²) in [6.45, 7) is 0.919. The van der Waals surface area contributed by atoms with E-state index in [9.17, 15) is 0 Å². The molecular weight excluding hydrogens is 210 g/mol. The highest BCUT2D eigenvalue weighted by atomic mass is 15.0. The summed E-state index contributed by atoms with van der Waals surface area (Å²) in [6.07, 6.45) is 4.61. The second-order valence-corrected chi connectivity index (χ2v) is 4.58. The van der Waals surface area contributed by atoms with E-state index in [1.54, 1.807) is 0 Å². The van der Waals surface area contributed by atoms with Gasteiger partial charge in [0.2, 0.25) is 0 Å². The Hall–Kier alpha value is -1.61. The summed E-state index contributed by atoms with van der Waals surface area (Å²) in [5.41, 5.74) is 1.28. The molecule has 1 saturated carbocycles. The van der Waals surface area contributed by atoms with Crippen molar-refractivity contribution >= 4 is 16.6 Å². The van der Waals surface area contributed by atoms with Crippen LogP contribution in [0.1, 0.15) is 18.4 Å².